The minimum Gasteiger partial charge on any atom is -0.340 e. The van der Waals surface area contributed by atoms with Crippen LogP contribution in [0.15, 0.2) is 6.07 Å². The highest BCUT2D eigenvalue weighted by atomic mass is 32.1. The molecule has 4 nitrogen and oxygen atoms in total. The number of nitrogens with one attached hydrogen (secondary N) is 1. The van der Waals surface area contributed by atoms with E-state index in [0.29, 0.717) is 13.0 Å². The maximum Gasteiger partial charge on any atom is 0.248 e. The van der Waals surface area contributed by atoms with Crippen molar-refractivity contribution < 1.29 is 9.59 Å². The minimum atomic E-state index is -0.815. The van der Waals surface area contributed by atoms with Gasteiger partial charge in [0.05, 0.1) is 6.54 Å². The second-order valence-corrected chi connectivity index (χ2v) is 7.26. The number of nitrogens with zero attached hydrogens (tertiary/aromatic N) is 1. The van der Waals surface area contributed by atoms with Gasteiger partial charge in [0, 0.05) is 9.75 Å². The molecule has 0 aromatic carbocycles. The molecule has 1 unspecified atom stereocenters. The summed E-state index contributed by atoms with van der Waals surface area (Å²) in [6.07, 6.45) is 0.636. The Morgan fingerprint density at radius 1 is 1.35 bits per heavy atom. The fourth-order valence-electron chi connectivity index (χ4n) is 2.57. The van der Waals surface area contributed by atoms with Crippen molar-refractivity contribution in [1.29, 1.82) is 0 Å². The highest BCUT2D eigenvalue weighted by Gasteiger charge is 2.44. The molecule has 5 heteroatoms. The van der Waals surface area contributed by atoms with E-state index in [0.717, 1.165) is 4.88 Å². The summed E-state index contributed by atoms with van der Waals surface area (Å²) in [7, 11) is 0. The van der Waals surface area contributed by atoms with Crippen LogP contribution in [0, 0.1) is 13.8 Å². The second-order valence-electron chi connectivity index (χ2n) is 5.92. The topological polar surface area (TPSA) is 49.4 Å². The van der Waals surface area contributed by atoms with Crippen LogP contribution < -0.4 is 5.32 Å². The summed E-state index contributed by atoms with van der Waals surface area (Å²) in [5.74, 6) is -0.0604. The Balaban J connectivity index is 2.29. The summed E-state index contributed by atoms with van der Waals surface area (Å²) in [4.78, 5) is 28.9. The lowest BCUT2D eigenvalue weighted by atomic mass is 9.95. The van der Waals surface area contributed by atoms with E-state index in [1.165, 1.54) is 10.4 Å². The molecule has 1 atom stereocenters. The van der Waals surface area contributed by atoms with E-state index in [4.69, 9.17) is 0 Å². The lowest BCUT2D eigenvalue weighted by Gasteiger charge is -2.42. The van der Waals surface area contributed by atoms with Gasteiger partial charge in [0.15, 0.2) is 0 Å². The molecule has 2 amide bonds. The van der Waals surface area contributed by atoms with E-state index < -0.39 is 5.54 Å². The lowest BCUT2D eigenvalue weighted by Crippen LogP contribution is -2.67. The van der Waals surface area contributed by atoms with Crippen LogP contribution in [0.1, 0.15) is 42.5 Å². The Morgan fingerprint density at radius 3 is 2.50 bits per heavy atom. The number of aryl methyl sites for hydroxylation is 2. The molecule has 0 spiro atoms. The summed E-state index contributed by atoms with van der Waals surface area (Å²) in [5, 5.41) is 2.81. The third-order valence-electron chi connectivity index (χ3n) is 3.84. The SMILES string of the molecule is CCC1C(=O)NC(C)(C)C(=O)N1Cc1cc(C)c(C)s1. The van der Waals surface area contributed by atoms with Crippen molar-refractivity contribution in [3.8, 4) is 0 Å². The normalized spacial score (nSPS) is 22.1. The lowest BCUT2D eigenvalue weighted by molar-refractivity contribution is -0.154. The fraction of sp³-hybridized carbons (Fsp3) is 0.600. The highest BCUT2D eigenvalue weighted by Crippen LogP contribution is 2.26. The van der Waals surface area contributed by atoms with Crippen LogP contribution in [0.2, 0.25) is 0 Å². The average molecular weight is 294 g/mol. The van der Waals surface area contributed by atoms with Crippen LogP contribution in [0.5, 0.6) is 0 Å². The number of carbonyl (C=O) groups excluding carboxylic acids is 2. The Hall–Kier alpha value is -1.36. The molecule has 1 N–H and O–H groups in total. The largest absolute Gasteiger partial charge is 0.340 e. The Morgan fingerprint density at radius 2 is 2.00 bits per heavy atom. The third kappa shape index (κ3) is 2.59. The van der Waals surface area contributed by atoms with Gasteiger partial charge in [0.25, 0.3) is 0 Å². The Labute approximate surface area is 124 Å². The quantitative estimate of drug-likeness (QED) is 0.930. The van der Waals surface area contributed by atoms with Crippen LogP contribution in [-0.2, 0) is 16.1 Å². The van der Waals surface area contributed by atoms with Gasteiger partial charge in [0.1, 0.15) is 11.6 Å². The molecule has 2 rings (SSSR count). The minimum absolute atomic E-state index is 0.00680. The van der Waals surface area contributed by atoms with Crippen LogP contribution in [-0.4, -0.2) is 28.3 Å². The predicted octanol–water partition coefficient (Wildman–Crippen LogP) is 2.38. The van der Waals surface area contributed by atoms with Gasteiger partial charge < -0.3 is 10.2 Å². The van der Waals surface area contributed by atoms with Crippen molar-refractivity contribution in [2.75, 3.05) is 0 Å². The number of carbonyl (C=O) groups is 2. The number of amides is 2. The first-order valence-electron chi connectivity index (χ1n) is 6.95. The van der Waals surface area contributed by atoms with Crippen LogP contribution in [0.4, 0.5) is 0 Å². The standard InChI is InChI=1S/C15H22N2O2S/c1-6-12-13(18)16-15(4,5)14(19)17(12)8-11-7-9(2)10(3)20-11/h7,12H,6,8H2,1-5H3,(H,16,18). The van der Waals surface area contributed by atoms with Crippen LogP contribution in [0.25, 0.3) is 0 Å². The molecule has 1 aliphatic rings. The van der Waals surface area contributed by atoms with Gasteiger partial charge in [-0.2, -0.15) is 0 Å². The number of thiophene rings is 1. The molecule has 0 bridgehead atoms. The van der Waals surface area contributed by atoms with Crippen molar-refractivity contribution in [3.05, 3.63) is 21.4 Å². The first-order valence-corrected chi connectivity index (χ1v) is 7.77. The molecule has 1 fully saturated rings. The monoisotopic (exact) mass is 294 g/mol. The Kier molecular flexibility index (Phi) is 3.91. The number of hydrogen-bond acceptors (Lipinski definition) is 3. The van der Waals surface area contributed by atoms with E-state index in [-0.39, 0.29) is 17.9 Å². The second kappa shape index (κ2) is 5.20. The zero-order valence-electron chi connectivity index (χ0n) is 12.7. The molecule has 110 valence electrons. The van der Waals surface area contributed by atoms with E-state index >= 15 is 0 Å². The van der Waals surface area contributed by atoms with Crippen molar-refractivity contribution in [2.24, 2.45) is 0 Å². The van der Waals surface area contributed by atoms with Crippen molar-refractivity contribution >= 4 is 23.2 Å². The molecule has 0 aliphatic carbocycles. The average Bonchev–Trinajstić information content (AvgIpc) is 2.65. The summed E-state index contributed by atoms with van der Waals surface area (Å²) in [6.45, 7) is 10.1. The molecule has 1 aliphatic heterocycles. The van der Waals surface area contributed by atoms with Gasteiger partial charge in [-0.25, -0.2) is 0 Å². The molecule has 1 aromatic heterocycles. The van der Waals surface area contributed by atoms with E-state index in [1.54, 1.807) is 30.1 Å². The molecule has 1 aromatic rings. The summed E-state index contributed by atoms with van der Waals surface area (Å²) in [6, 6.07) is 1.75. The summed E-state index contributed by atoms with van der Waals surface area (Å²) >= 11 is 1.70. The molecule has 2 heterocycles. The fourth-order valence-corrected chi connectivity index (χ4v) is 3.62. The summed E-state index contributed by atoms with van der Waals surface area (Å²) in [5.41, 5.74) is 0.426. The van der Waals surface area contributed by atoms with E-state index in [2.05, 4.69) is 25.2 Å². The zero-order valence-corrected chi connectivity index (χ0v) is 13.6. The van der Waals surface area contributed by atoms with Crippen molar-refractivity contribution in [1.82, 2.24) is 10.2 Å². The van der Waals surface area contributed by atoms with Gasteiger partial charge in [-0.05, 0) is 45.7 Å². The van der Waals surface area contributed by atoms with Crippen LogP contribution in [0.3, 0.4) is 0 Å². The maximum atomic E-state index is 12.6. The first kappa shape index (κ1) is 15.0. The zero-order chi connectivity index (χ0) is 15.1. The van der Waals surface area contributed by atoms with Gasteiger partial charge in [-0.15, -0.1) is 11.3 Å². The van der Waals surface area contributed by atoms with E-state index in [1.807, 2.05) is 6.92 Å². The molecular weight excluding hydrogens is 272 g/mol. The van der Waals surface area contributed by atoms with Gasteiger partial charge in [0.2, 0.25) is 11.8 Å². The molecule has 20 heavy (non-hydrogen) atoms. The van der Waals surface area contributed by atoms with Gasteiger partial charge >= 0.3 is 0 Å². The number of piperazine rings is 1. The van der Waals surface area contributed by atoms with Gasteiger partial charge in [-0.3, -0.25) is 9.59 Å². The van der Waals surface area contributed by atoms with Crippen molar-refractivity contribution in [2.45, 2.75) is 59.2 Å². The summed E-state index contributed by atoms with van der Waals surface area (Å²) < 4.78 is 0. The van der Waals surface area contributed by atoms with Gasteiger partial charge in [-0.1, -0.05) is 6.92 Å². The molecule has 0 saturated carbocycles. The molecule has 1 saturated heterocycles. The first-order chi connectivity index (χ1) is 9.26. The smallest absolute Gasteiger partial charge is 0.248 e. The molecule has 0 radical (unpaired) electrons. The molecular formula is C15H22N2O2S. The highest BCUT2D eigenvalue weighted by molar-refractivity contribution is 7.12. The maximum absolute atomic E-state index is 12.6. The predicted molar refractivity (Wildman–Crippen MR) is 80.6 cm³/mol. The van der Waals surface area contributed by atoms with E-state index in [9.17, 15) is 9.59 Å². The van der Waals surface area contributed by atoms with Crippen molar-refractivity contribution in [3.63, 3.8) is 0 Å². The number of rotatable bonds is 3. The number of hydrogen-bond donors (Lipinski definition) is 1. The third-order valence-corrected chi connectivity index (χ3v) is 4.98. The van der Waals surface area contributed by atoms with Crippen LogP contribution >= 0.6 is 11.3 Å². The Bertz CT molecular complexity index is 529.